The molecule has 1 heterocycles. The Kier molecular flexibility index (Phi) is 4.66. The van der Waals surface area contributed by atoms with Gasteiger partial charge in [-0.15, -0.1) is 0 Å². The Hall–Kier alpha value is -0.830. The molecule has 0 saturated heterocycles. The zero-order valence-corrected chi connectivity index (χ0v) is 9.12. The molecule has 0 bridgehead atoms. The Morgan fingerprint density at radius 2 is 2.21 bits per heavy atom. The van der Waals surface area contributed by atoms with E-state index in [1.165, 1.54) is 19.3 Å². The van der Waals surface area contributed by atoms with Crippen molar-refractivity contribution in [3.05, 3.63) is 12.2 Å². The van der Waals surface area contributed by atoms with Gasteiger partial charge < -0.3 is 10.2 Å². The highest BCUT2D eigenvalue weighted by Crippen LogP contribution is 2.08. The molecule has 1 atom stereocenters. The maximum atomic E-state index is 11.3. The second-order valence-corrected chi connectivity index (χ2v) is 4.05. The predicted octanol–water partition coefficient (Wildman–Crippen LogP) is 1.16. The van der Waals surface area contributed by atoms with E-state index in [-0.39, 0.29) is 5.91 Å². The summed E-state index contributed by atoms with van der Waals surface area (Å²) in [5, 5.41) is 2.92. The van der Waals surface area contributed by atoms with Crippen molar-refractivity contribution >= 4 is 5.91 Å². The van der Waals surface area contributed by atoms with Crippen molar-refractivity contribution in [2.24, 2.45) is 0 Å². The fourth-order valence-electron chi connectivity index (χ4n) is 1.65. The molecule has 1 aliphatic rings. The molecule has 0 aromatic carbocycles. The van der Waals surface area contributed by atoms with E-state index in [9.17, 15) is 4.79 Å². The Bertz CT molecular complexity index is 211. The molecule has 3 heteroatoms. The third-order valence-corrected chi connectivity index (χ3v) is 2.67. The number of allylic oxidation sites excluding steroid dienone is 1. The smallest absolute Gasteiger partial charge is 0.243 e. The molecular weight excluding hydrogens is 176 g/mol. The molecule has 14 heavy (non-hydrogen) atoms. The number of hydrogen-bond donors (Lipinski definition) is 1. The van der Waals surface area contributed by atoms with Gasteiger partial charge in [0.05, 0.1) is 0 Å². The number of nitrogens with zero attached hydrogens (tertiary/aromatic N) is 1. The standard InChI is InChI=1S/C11H20N2O/c1-13(2)10-7-5-3-4-6-8-11(14)12-9-10/h6,8,10H,3-5,7,9H2,1-2H3,(H,12,14)/b8-6-/t10-/m1/s1. The summed E-state index contributed by atoms with van der Waals surface area (Å²) in [5.74, 6) is 0.0405. The average molecular weight is 196 g/mol. The predicted molar refractivity (Wildman–Crippen MR) is 58.1 cm³/mol. The van der Waals surface area contributed by atoms with Crippen LogP contribution in [0.2, 0.25) is 0 Å². The van der Waals surface area contributed by atoms with E-state index in [1.807, 2.05) is 6.08 Å². The molecule has 0 spiro atoms. The largest absolute Gasteiger partial charge is 0.351 e. The van der Waals surface area contributed by atoms with Gasteiger partial charge in [0.1, 0.15) is 0 Å². The van der Waals surface area contributed by atoms with Crippen LogP contribution in [0.25, 0.3) is 0 Å². The second-order valence-electron chi connectivity index (χ2n) is 4.05. The van der Waals surface area contributed by atoms with E-state index in [2.05, 4.69) is 24.3 Å². The maximum Gasteiger partial charge on any atom is 0.243 e. The highest BCUT2D eigenvalue weighted by Gasteiger charge is 2.12. The summed E-state index contributed by atoms with van der Waals surface area (Å²) in [4.78, 5) is 13.4. The lowest BCUT2D eigenvalue weighted by Crippen LogP contribution is -2.39. The van der Waals surface area contributed by atoms with Crippen molar-refractivity contribution in [1.82, 2.24) is 10.2 Å². The fourth-order valence-corrected chi connectivity index (χ4v) is 1.65. The molecule has 1 N–H and O–H groups in total. The third-order valence-electron chi connectivity index (χ3n) is 2.67. The molecule has 0 saturated carbocycles. The highest BCUT2D eigenvalue weighted by molar-refractivity contribution is 5.87. The first kappa shape index (κ1) is 11.2. The number of carbonyl (C=O) groups excluding carboxylic acids is 1. The lowest BCUT2D eigenvalue weighted by atomic mass is 10.1. The monoisotopic (exact) mass is 196 g/mol. The summed E-state index contributed by atoms with van der Waals surface area (Å²) >= 11 is 0. The van der Waals surface area contributed by atoms with Crippen molar-refractivity contribution in [2.75, 3.05) is 20.6 Å². The Labute approximate surface area is 86.2 Å². The molecule has 0 aromatic rings. The minimum Gasteiger partial charge on any atom is -0.351 e. The van der Waals surface area contributed by atoms with Gasteiger partial charge >= 0.3 is 0 Å². The number of rotatable bonds is 1. The Balaban J connectivity index is 2.49. The first-order chi connectivity index (χ1) is 6.70. The minimum atomic E-state index is 0.0405. The van der Waals surface area contributed by atoms with E-state index >= 15 is 0 Å². The van der Waals surface area contributed by atoms with Crippen LogP contribution >= 0.6 is 0 Å². The zero-order valence-electron chi connectivity index (χ0n) is 9.12. The van der Waals surface area contributed by atoms with Crippen LogP contribution in [0.3, 0.4) is 0 Å². The molecule has 1 rings (SSSR count). The lowest BCUT2D eigenvalue weighted by molar-refractivity contribution is -0.116. The first-order valence-electron chi connectivity index (χ1n) is 5.31. The lowest BCUT2D eigenvalue weighted by Gasteiger charge is -2.24. The molecule has 0 radical (unpaired) electrons. The number of carbonyl (C=O) groups is 1. The van der Waals surface area contributed by atoms with Crippen LogP contribution in [-0.4, -0.2) is 37.5 Å². The Morgan fingerprint density at radius 3 is 2.93 bits per heavy atom. The minimum absolute atomic E-state index is 0.0405. The first-order valence-corrected chi connectivity index (χ1v) is 5.31. The SMILES string of the molecule is CN(C)[C@@H]1CCCC/C=C\C(=O)NC1. The van der Waals surface area contributed by atoms with Crippen LogP contribution in [0.1, 0.15) is 25.7 Å². The van der Waals surface area contributed by atoms with Gasteiger partial charge in [-0.2, -0.15) is 0 Å². The van der Waals surface area contributed by atoms with E-state index < -0.39 is 0 Å². The van der Waals surface area contributed by atoms with Crippen molar-refractivity contribution in [1.29, 1.82) is 0 Å². The molecule has 80 valence electrons. The van der Waals surface area contributed by atoms with Crippen molar-refractivity contribution in [2.45, 2.75) is 31.7 Å². The molecular formula is C11H20N2O. The third kappa shape index (κ3) is 3.92. The highest BCUT2D eigenvalue weighted by atomic mass is 16.1. The molecule has 1 aliphatic heterocycles. The van der Waals surface area contributed by atoms with Gasteiger partial charge in [-0.1, -0.05) is 12.5 Å². The van der Waals surface area contributed by atoms with Crippen LogP contribution in [0.5, 0.6) is 0 Å². The van der Waals surface area contributed by atoms with E-state index in [1.54, 1.807) is 6.08 Å². The van der Waals surface area contributed by atoms with Crippen LogP contribution in [-0.2, 0) is 4.79 Å². The van der Waals surface area contributed by atoms with Gasteiger partial charge in [0.2, 0.25) is 5.91 Å². The van der Waals surface area contributed by atoms with E-state index in [0.29, 0.717) is 6.04 Å². The van der Waals surface area contributed by atoms with Crippen LogP contribution < -0.4 is 5.32 Å². The number of nitrogens with one attached hydrogen (secondary N) is 1. The fraction of sp³-hybridized carbons (Fsp3) is 0.727. The summed E-state index contributed by atoms with van der Waals surface area (Å²) in [6, 6.07) is 0.477. The van der Waals surface area contributed by atoms with E-state index in [4.69, 9.17) is 0 Å². The molecule has 1 amide bonds. The van der Waals surface area contributed by atoms with Gasteiger partial charge in [0.15, 0.2) is 0 Å². The normalized spacial score (nSPS) is 27.1. The quantitative estimate of drug-likeness (QED) is 0.682. The molecule has 0 unspecified atom stereocenters. The number of hydrogen-bond acceptors (Lipinski definition) is 2. The van der Waals surface area contributed by atoms with Crippen LogP contribution in [0.15, 0.2) is 12.2 Å². The molecule has 0 fully saturated rings. The van der Waals surface area contributed by atoms with E-state index in [0.717, 1.165) is 13.0 Å². The summed E-state index contributed by atoms with van der Waals surface area (Å²) in [5.41, 5.74) is 0. The van der Waals surface area contributed by atoms with Crippen molar-refractivity contribution < 1.29 is 4.79 Å². The summed E-state index contributed by atoms with van der Waals surface area (Å²) < 4.78 is 0. The molecule has 0 aromatic heterocycles. The van der Waals surface area contributed by atoms with Gasteiger partial charge in [-0.25, -0.2) is 0 Å². The maximum absolute atomic E-state index is 11.3. The number of likely N-dealkylation sites (N-methyl/N-ethyl adjacent to an activating group) is 1. The van der Waals surface area contributed by atoms with Crippen molar-refractivity contribution in [3.63, 3.8) is 0 Å². The topological polar surface area (TPSA) is 32.3 Å². The zero-order chi connectivity index (χ0) is 10.4. The Morgan fingerprint density at radius 1 is 1.43 bits per heavy atom. The summed E-state index contributed by atoms with van der Waals surface area (Å²) in [6.07, 6.45) is 8.23. The van der Waals surface area contributed by atoms with Gasteiger partial charge in [-0.3, -0.25) is 4.79 Å². The van der Waals surface area contributed by atoms with Gasteiger partial charge in [-0.05, 0) is 39.4 Å². The van der Waals surface area contributed by atoms with Crippen molar-refractivity contribution in [3.8, 4) is 0 Å². The average Bonchev–Trinajstić information content (AvgIpc) is 2.15. The second kappa shape index (κ2) is 5.81. The molecule has 0 aliphatic carbocycles. The van der Waals surface area contributed by atoms with Gasteiger partial charge in [0, 0.05) is 12.6 Å². The summed E-state index contributed by atoms with van der Waals surface area (Å²) in [6.45, 7) is 0.760. The molecule has 3 nitrogen and oxygen atoms in total. The van der Waals surface area contributed by atoms with Gasteiger partial charge in [0.25, 0.3) is 0 Å². The van der Waals surface area contributed by atoms with Crippen LogP contribution in [0.4, 0.5) is 0 Å². The number of amides is 1. The van der Waals surface area contributed by atoms with Crippen LogP contribution in [0, 0.1) is 0 Å². The summed E-state index contributed by atoms with van der Waals surface area (Å²) in [7, 11) is 4.14.